The van der Waals surface area contributed by atoms with Crippen molar-refractivity contribution >= 4 is 29.1 Å². The van der Waals surface area contributed by atoms with E-state index in [0.717, 1.165) is 12.3 Å². The molecule has 23 heavy (non-hydrogen) atoms. The van der Waals surface area contributed by atoms with Crippen LogP contribution in [0.5, 0.6) is 0 Å². The van der Waals surface area contributed by atoms with E-state index in [4.69, 9.17) is 23.2 Å². The fourth-order valence-corrected chi connectivity index (χ4v) is 2.76. The van der Waals surface area contributed by atoms with E-state index in [1.807, 2.05) is 0 Å². The van der Waals surface area contributed by atoms with Gasteiger partial charge in [0, 0.05) is 11.2 Å². The maximum atomic E-state index is 12.6. The van der Waals surface area contributed by atoms with Crippen LogP contribution in [-0.2, 0) is 17.5 Å². The van der Waals surface area contributed by atoms with Gasteiger partial charge in [-0.15, -0.1) is 0 Å². The zero-order chi connectivity index (χ0) is 17.2. The minimum atomic E-state index is -4.45. The summed E-state index contributed by atoms with van der Waals surface area (Å²) in [6, 6.07) is 0.994. The molecule has 1 amide bonds. The smallest absolute Gasteiger partial charge is 0.346 e. The van der Waals surface area contributed by atoms with E-state index in [0.29, 0.717) is 29.1 Å². The Morgan fingerprint density at radius 2 is 2.09 bits per heavy atom. The molecule has 0 saturated heterocycles. The molecule has 1 aromatic rings. The molecule has 2 rings (SSSR count). The van der Waals surface area contributed by atoms with Crippen LogP contribution in [0.25, 0.3) is 0 Å². The number of rotatable bonds is 3. The number of aryl methyl sites for hydroxylation is 1. The maximum absolute atomic E-state index is 12.6. The van der Waals surface area contributed by atoms with Crippen molar-refractivity contribution in [1.29, 1.82) is 0 Å². The lowest BCUT2D eigenvalue weighted by Crippen LogP contribution is -2.27. The van der Waals surface area contributed by atoms with Crippen molar-refractivity contribution < 1.29 is 18.0 Å². The minimum absolute atomic E-state index is 0.0133. The average molecular weight is 365 g/mol. The van der Waals surface area contributed by atoms with E-state index in [2.05, 4.69) is 10.3 Å². The van der Waals surface area contributed by atoms with Crippen LogP contribution in [-0.4, -0.2) is 10.9 Å². The average Bonchev–Trinajstić information content (AvgIpc) is 2.44. The van der Waals surface area contributed by atoms with Gasteiger partial charge in [-0.3, -0.25) is 9.78 Å². The number of nitrogens with zero attached hydrogens (tertiary/aromatic N) is 1. The molecule has 1 N–H and O–H groups in total. The molecule has 0 atom stereocenters. The molecular formula is C15H13Cl2F3N2O. The van der Waals surface area contributed by atoms with Gasteiger partial charge in [0.05, 0.1) is 28.4 Å². The fraction of sp³-hybridized carbons (Fsp3) is 0.333. The van der Waals surface area contributed by atoms with E-state index in [1.54, 1.807) is 6.08 Å². The monoisotopic (exact) mass is 364 g/mol. The molecule has 1 aromatic heterocycles. The second-order valence-electron chi connectivity index (χ2n) is 5.04. The van der Waals surface area contributed by atoms with Crippen LogP contribution in [0.4, 0.5) is 13.2 Å². The summed E-state index contributed by atoms with van der Waals surface area (Å²) in [7, 11) is 0. The third-order valence-corrected chi connectivity index (χ3v) is 4.08. The Kier molecular flexibility index (Phi) is 5.37. The number of pyridine rings is 1. The second-order valence-corrected chi connectivity index (χ2v) is 5.90. The Bertz CT molecular complexity index is 696. The lowest BCUT2D eigenvalue weighted by molar-refractivity contribution is -0.137. The molecule has 0 saturated carbocycles. The topological polar surface area (TPSA) is 42.0 Å². The number of carbonyl (C=O) groups is 1. The Balaban J connectivity index is 2.10. The number of hydrogen-bond acceptors (Lipinski definition) is 2. The van der Waals surface area contributed by atoms with Gasteiger partial charge in [-0.2, -0.15) is 13.2 Å². The normalized spacial score (nSPS) is 15.5. The highest BCUT2D eigenvalue weighted by Crippen LogP contribution is 2.31. The Hall–Kier alpha value is -1.53. The molecule has 1 heterocycles. The van der Waals surface area contributed by atoms with Gasteiger partial charge >= 0.3 is 6.18 Å². The first-order chi connectivity index (χ1) is 10.7. The molecule has 8 heteroatoms. The van der Waals surface area contributed by atoms with Crippen LogP contribution in [0, 0.1) is 6.92 Å². The van der Waals surface area contributed by atoms with Crippen molar-refractivity contribution in [2.45, 2.75) is 32.5 Å². The van der Waals surface area contributed by atoms with Crippen LogP contribution in [0.15, 0.2) is 34.0 Å². The van der Waals surface area contributed by atoms with E-state index >= 15 is 0 Å². The number of halogens is 5. The van der Waals surface area contributed by atoms with Gasteiger partial charge in [0.2, 0.25) is 0 Å². The van der Waals surface area contributed by atoms with E-state index < -0.39 is 17.6 Å². The van der Waals surface area contributed by atoms with Gasteiger partial charge < -0.3 is 5.32 Å². The number of nitrogens with one attached hydrogen (secondary N) is 1. The van der Waals surface area contributed by atoms with Crippen LogP contribution >= 0.6 is 23.2 Å². The van der Waals surface area contributed by atoms with Crippen molar-refractivity contribution in [3.05, 3.63) is 50.8 Å². The molecule has 0 aromatic carbocycles. The molecule has 0 fully saturated rings. The molecule has 3 nitrogen and oxygen atoms in total. The Labute approximate surface area is 141 Å². The molecule has 1 aliphatic rings. The van der Waals surface area contributed by atoms with Crippen LogP contribution < -0.4 is 5.32 Å². The van der Waals surface area contributed by atoms with Gasteiger partial charge in [0.25, 0.3) is 5.91 Å². The third-order valence-electron chi connectivity index (χ3n) is 3.35. The van der Waals surface area contributed by atoms with Gasteiger partial charge in [0.15, 0.2) is 0 Å². The lowest BCUT2D eigenvalue weighted by Gasteiger charge is -2.15. The minimum Gasteiger partial charge on any atom is -0.346 e. The third kappa shape index (κ3) is 4.26. The predicted octanol–water partition coefficient (Wildman–Crippen LogP) is 4.43. The predicted molar refractivity (Wildman–Crippen MR) is 81.9 cm³/mol. The first-order valence-corrected chi connectivity index (χ1v) is 7.51. The summed E-state index contributed by atoms with van der Waals surface area (Å²) in [5.74, 6) is -0.475. The highest BCUT2D eigenvalue weighted by atomic mass is 35.5. The summed E-state index contributed by atoms with van der Waals surface area (Å²) in [5, 5.41) is 3.22. The number of allylic oxidation sites excluding steroid dienone is 2. The first kappa shape index (κ1) is 17.8. The molecule has 0 unspecified atom stereocenters. The summed E-state index contributed by atoms with van der Waals surface area (Å²) in [5.41, 5.74) is 0.0581. The SMILES string of the molecule is Cc1cc(C(F)(F)F)cnc1CNC(=O)C1=C(Cl)CCC=C1Cl. The number of alkyl halides is 3. The quantitative estimate of drug-likeness (QED) is 0.861. The van der Waals surface area contributed by atoms with Crippen molar-refractivity contribution in [3.8, 4) is 0 Å². The van der Waals surface area contributed by atoms with Crippen LogP contribution in [0.2, 0.25) is 0 Å². The van der Waals surface area contributed by atoms with Gasteiger partial charge in [-0.1, -0.05) is 29.3 Å². The molecule has 1 aliphatic carbocycles. The second kappa shape index (κ2) is 6.93. The summed E-state index contributed by atoms with van der Waals surface area (Å²) < 4.78 is 37.8. The summed E-state index contributed by atoms with van der Waals surface area (Å²) >= 11 is 12.0. The van der Waals surface area contributed by atoms with E-state index in [-0.39, 0.29) is 17.2 Å². The molecule has 0 aliphatic heterocycles. The number of carbonyl (C=O) groups excluding carboxylic acids is 1. The highest BCUT2D eigenvalue weighted by Gasteiger charge is 2.31. The standard InChI is InChI=1S/C15H13Cl2F3N2O/c1-8-5-9(15(18,19)20)6-21-12(8)7-22-14(23)13-10(16)3-2-4-11(13)17/h3,5-6H,2,4,7H2,1H3,(H,22,23). The molecular weight excluding hydrogens is 352 g/mol. The van der Waals surface area contributed by atoms with Crippen molar-refractivity contribution in [1.82, 2.24) is 10.3 Å². The maximum Gasteiger partial charge on any atom is 0.417 e. The zero-order valence-corrected chi connectivity index (χ0v) is 13.6. The van der Waals surface area contributed by atoms with Crippen molar-refractivity contribution in [3.63, 3.8) is 0 Å². The number of aromatic nitrogens is 1. The van der Waals surface area contributed by atoms with E-state index in [9.17, 15) is 18.0 Å². The summed E-state index contributed by atoms with van der Waals surface area (Å²) in [4.78, 5) is 15.9. The van der Waals surface area contributed by atoms with Gasteiger partial charge in [0.1, 0.15) is 0 Å². The number of hydrogen-bond donors (Lipinski definition) is 1. The summed E-state index contributed by atoms with van der Waals surface area (Å²) in [6.45, 7) is 1.49. The fourth-order valence-electron chi connectivity index (χ4n) is 2.11. The van der Waals surface area contributed by atoms with E-state index in [1.165, 1.54) is 6.92 Å². The summed E-state index contributed by atoms with van der Waals surface area (Å²) in [6.07, 6.45) is -0.817. The van der Waals surface area contributed by atoms with Gasteiger partial charge in [-0.05, 0) is 31.4 Å². The first-order valence-electron chi connectivity index (χ1n) is 6.75. The van der Waals surface area contributed by atoms with Gasteiger partial charge in [-0.25, -0.2) is 0 Å². The number of amides is 1. The highest BCUT2D eigenvalue weighted by molar-refractivity contribution is 6.40. The lowest BCUT2D eigenvalue weighted by atomic mass is 10.1. The molecule has 0 spiro atoms. The Morgan fingerprint density at radius 3 is 2.65 bits per heavy atom. The van der Waals surface area contributed by atoms with Crippen LogP contribution in [0.1, 0.15) is 29.7 Å². The molecule has 0 radical (unpaired) electrons. The molecule has 0 bridgehead atoms. The zero-order valence-electron chi connectivity index (χ0n) is 12.1. The van der Waals surface area contributed by atoms with Crippen molar-refractivity contribution in [2.24, 2.45) is 0 Å². The largest absolute Gasteiger partial charge is 0.417 e. The van der Waals surface area contributed by atoms with Crippen LogP contribution in [0.3, 0.4) is 0 Å². The molecule has 124 valence electrons. The Morgan fingerprint density at radius 1 is 1.39 bits per heavy atom. The van der Waals surface area contributed by atoms with Crippen molar-refractivity contribution in [2.75, 3.05) is 0 Å².